The number of carbonyl (C=O) groups is 1. The highest BCUT2D eigenvalue weighted by Gasteiger charge is 2.18. The van der Waals surface area contributed by atoms with E-state index in [0.29, 0.717) is 18.8 Å². The SMILES string of the molecule is COCCCNC(=O)c1cc(N2CCc3ccccc3C2)ncn1. The van der Waals surface area contributed by atoms with Gasteiger partial charge in [0.2, 0.25) is 0 Å². The summed E-state index contributed by atoms with van der Waals surface area (Å²) >= 11 is 0. The van der Waals surface area contributed by atoms with Crippen LogP contribution in [0.4, 0.5) is 5.82 Å². The van der Waals surface area contributed by atoms with Crippen molar-refractivity contribution >= 4 is 11.7 Å². The Bertz CT molecular complexity index is 705. The summed E-state index contributed by atoms with van der Waals surface area (Å²) in [7, 11) is 1.65. The highest BCUT2D eigenvalue weighted by Crippen LogP contribution is 2.22. The van der Waals surface area contributed by atoms with Gasteiger partial charge in [-0.3, -0.25) is 4.79 Å². The Balaban J connectivity index is 1.66. The van der Waals surface area contributed by atoms with Crippen molar-refractivity contribution in [2.24, 2.45) is 0 Å². The fourth-order valence-corrected chi connectivity index (χ4v) is 2.84. The van der Waals surface area contributed by atoms with Gasteiger partial charge >= 0.3 is 0 Å². The molecule has 0 aliphatic carbocycles. The van der Waals surface area contributed by atoms with E-state index in [4.69, 9.17) is 4.74 Å². The summed E-state index contributed by atoms with van der Waals surface area (Å²) in [6.45, 7) is 2.90. The fraction of sp³-hybridized carbons (Fsp3) is 0.389. The molecular weight excluding hydrogens is 304 g/mol. The molecule has 1 aliphatic rings. The van der Waals surface area contributed by atoms with Crippen LogP contribution in [0.2, 0.25) is 0 Å². The van der Waals surface area contributed by atoms with E-state index in [2.05, 4.69) is 44.5 Å². The number of rotatable bonds is 6. The van der Waals surface area contributed by atoms with Crippen LogP contribution >= 0.6 is 0 Å². The van der Waals surface area contributed by atoms with Crippen molar-refractivity contribution in [1.82, 2.24) is 15.3 Å². The molecule has 2 heterocycles. The van der Waals surface area contributed by atoms with E-state index in [1.165, 1.54) is 17.5 Å². The maximum Gasteiger partial charge on any atom is 0.270 e. The van der Waals surface area contributed by atoms with E-state index < -0.39 is 0 Å². The molecule has 0 unspecified atom stereocenters. The second-order valence-electron chi connectivity index (χ2n) is 5.80. The van der Waals surface area contributed by atoms with Crippen LogP contribution in [-0.2, 0) is 17.7 Å². The fourth-order valence-electron chi connectivity index (χ4n) is 2.84. The second-order valence-corrected chi connectivity index (χ2v) is 5.80. The number of ether oxygens (including phenoxy) is 1. The number of nitrogens with one attached hydrogen (secondary N) is 1. The van der Waals surface area contributed by atoms with Gasteiger partial charge in [-0.05, 0) is 24.0 Å². The van der Waals surface area contributed by atoms with Crippen LogP contribution in [0.1, 0.15) is 28.0 Å². The van der Waals surface area contributed by atoms with E-state index in [9.17, 15) is 4.79 Å². The first kappa shape index (κ1) is 16.4. The summed E-state index contributed by atoms with van der Waals surface area (Å²) in [5.41, 5.74) is 3.10. The predicted molar refractivity (Wildman–Crippen MR) is 92.1 cm³/mol. The molecule has 0 fully saturated rings. The standard InChI is InChI=1S/C18H22N4O2/c1-24-10-4-8-19-18(23)16-11-17(21-13-20-16)22-9-7-14-5-2-3-6-15(14)12-22/h2-3,5-6,11,13H,4,7-10,12H2,1H3,(H,19,23). The lowest BCUT2D eigenvalue weighted by atomic mass is 10.00. The Morgan fingerprint density at radius 1 is 1.29 bits per heavy atom. The average molecular weight is 326 g/mol. The van der Waals surface area contributed by atoms with Gasteiger partial charge in [-0.25, -0.2) is 9.97 Å². The molecule has 0 saturated heterocycles. The van der Waals surface area contributed by atoms with Crippen molar-refractivity contribution in [3.63, 3.8) is 0 Å². The molecule has 1 N–H and O–H groups in total. The van der Waals surface area contributed by atoms with Crippen molar-refractivity contribution in [3.05, 3.63) is 53.5 Å². The number of hydrogen-bond donors (Lipinski definition) is 1. The Morgan fingerprint density at radius 2 is 2.12 bits per heavy atom. The number of amides is 1. The molecule has 2 aromatic rings. The number of hydrogen-bond acceptors (Lipinski definition) is 5. The van der Waals surface area contributed by atoms with Gasteiger partial charge in [0.25, 0.3) is 5.91 Å². The van der Waals surface area contributed by atoms with Gasteiger partial charge in [-0.1, -0.05) is 24.3 Å². The van der Waals surface area contributed by atoms with Crippen molar-refractivity contribution in [2.75, 3.05) is 31.7 Å². The molecule has 1 aromatic heterocycles. The maximum atomic E-state index is 12.2. The van der Waals surface area contributed by atoms with Crippen LogP contribution in [0.3, 0.4) is 0 Å². The van der Waals surface area contributed by atoms with Crippen molar-refractivity contribution in [2.45, 2.75) is 19.4 Å². The number of anilines is 1. The highest BCUT2D eigenvalue weighted by atomic mass is 16.5. The summed E-state index contributed by atoms with van der Waals surface area (Å²) in [6, 6.07) is 10.2. The van der Waals surface area contributed by atoms with Crippen molar-refractivity contribution < 1.29 is 9.53 Å². The summed E-state index contributed by atoms with van der Waals surface area (Å²) in [6.07, 6.45) is 3.22. The smallest absolute Gasteiger partial charge is 0.270 e. The van der Waals surface area contributed by atoms with Crippen LogP contribution in [0.15, 0.2) is 36.7 Å². The quantitative estimate of drug-likeness (QED) is 0.820. The lowest BCUT2D eigenvalue weighted by Crippen LogP contribution is -2.32. The number of nitrogens with zero attached hydrogens (tertiary/aromatic N) is 3. The molecular formula is C18H22N4O2. The highest BCUT2D eigenvalue weighted by molar-refractivity contribution is 5.92. The van der Waals surface area contributed by atoms with E-state index in [1.54, 1.807) is 13.2 Å². The number of methoxy groups -OCH3 is 1. The zero-order chi connectivity index (χ0) is 16.8. The molecule has 1 aliphatic heterocycles. The second kappa shape index (κ2) is 7.88. The monoisotopic (exact) mass is 326 g/mol. The number of benzene rings is 1. The summed E-state index contributed by atoms with van der Waals surface area (Å²) in [4.78, 5) is 22.8. The number of aromatic nitrogens is 2. The molecule has 126 valence electrons. The van der Waals surface area contributed by atoms with Gasteiger partial charge in [-0.2, -0.15) is 0 Å². The van der Waals surface area contributed by atoms with Gasteiger partial charge in [-0.15, -0.1) is 0 Å². The molecule has 6 nitrogen and oxygen atoms in total. The lowest BCUT2D eigenvalue weighted by molar-refractivity contribution is 0.0943. The molecule has 6 heteroatoms. The number of carbonyl (C=O) groups excluding carboxylic acids is 1. The minimum absolute atomic E-state index is 0.174. The normalized spacial score (nSPS) is 13.5. The zero-order valence-electron chi connectivity index (χ0n) is 13.9. The van der Waals surface area contributed by atoms with Crippen LogP contribution in [0.25, 0.3) is 0 Å². The average Bonchev–Trinajstić information content (AvgIpc) is 2.65. The van der Waals surface area contributed by atoms with Crippen molar-refractivity contribution in [1.29, 1.82) is 0 Å². The summed E-state index contributed by atoms with van der Waals surface area (Å²) in [5.74, 6) is 0.619. The molecule has 0 atom stereocenters. The van der Waals surface area contributed by atoms with E-state index >= 15 is 0 Å². The molecule has 24 heavy (non-hydrogen) atoms. The Labute approximate surface area is 141 Å². The molecule has 3 rings (SSSR count). The van der Waals surface area contributed by atoms with Crippen LogP contribution < -0.4 is 10.2 Å². The molecule has 0 radical (unpaired) electrons. The zero-order valence-corrected chi connectivity index (χ0v) is 13.9. The van der Waals surface area contributed by atoms with Gasteiger partial charge < -0.3 is 15.0 Å². The van der Waals surface area contributed by atoms with E-state index in [1.807, 2.05) is 0 Å². The van der Waals surface area contributed by atoms with Gasteiger partial charge in [0.05, 0.1) is 0 Å². The first-order valence-corrected chi connectivity index (χ1v) is 8.19. The third-order valence-electron chi connectivity index (χ3n) is 4.15. The third kappa shape index (κ3) is 3.89. The van der Waals surface area contributed by atoms with E-state index in [-0.39, 0.29) is 5.91 Å². The topological polar surface area (TPSA) is 67.3 Å². The third-order valence-corrected chi connectivity index (χ3v) is 4.15. The summed E-state index contributed by atoms with van der Waals surface area (Å²) < 4.78 is 4.97. The van der Waals surface area contributed by atoms with E-state index in [0.717, 1.165) is 31.7 Å². The Morgan fingerprint density at radius 3 is 2.96 bits per heavy atom. The van der Waals surface area contributed by atoms with Crippen LogP contribution in [0.5, 0.6) is 0 Å². The molecule has 1 amide bonds. The first-order valence-electron chi connectivity index (χ1n) is 8.19. The van der Waals surface area contributed by atoms with Crippen LogP contribution in [0, 0.1) is 0 Å². The summed E-state index contributed by atoms with van der Waals surface area (Å²) in [5, 5.41) is 2.85. The molecule has 0 spiro atoms. The first-order chi connectivity index (χ1) is 11.8. The van der Waals surface area contributed by atoms with Gasteiger partial charge in [0.15, 0.2) is 0 Å². The molecule has 0 bridgehead atoms. The molecule has 0 saturated carbocycles. The molecule has 1 aromatic carbocycles. The maximum absolute atomic E-state index is 12.2. The van der Waals surface area contributed by atoms with Crippen LogP contribution in [-0.4, -0.2) is 42.7 Å². The minimum Gasteiger partial charge on any atom is -0.385 e. The van der Waals surface area contributed by atoms with Crippen molar-refractivity contribution in [3.8, 4) is 0 Å². The Kier molecular flexibility index (Phi) is 5.38. The van der Waals surface area contributed by atoms with Gasteiger partial charge in [0, 0.05) is 39.4 Å². The Hall–Kier alpha value is -2.47. The number of fused-ring (bicyclic) bond motifs is 1. The predicted octanol–water partition coefficient (Wildman–Crippen LogP) is 1.81. The lowest BCUT2D eigenvalue weighted by Gasteiger charge is -2.29. The largest absolute Gasteiger partial charge is 0.385 e. The van der Waals surface area contributed by atoms with Gasteiger partial charge in [0.1, 0.15) is 17.8 Å². The minimum atomic E-state index is -0.174.